The lowest BCUT2D eigenvalue weighted by atomic mass is 9.85. The fraction of sp³-hybridized carbons (Fsp3) is 0.500. The molecule has 0 spiro atoms. The van der Waals surface area contributed by atoms with Gasteiger partial charge in [-0.05, 0) is 51.3 Å². The summed E-state index contributed by atoms with van der Waals surface area (Å²) in [6.07, 6.45) is 9.70. The van der Waals surface area contributed by atoms with Crippen LogP contribution in [0.25, 0.3) is 10.9 Å². The van der Waals surface area contributed by atoms with Crippen LogP contribution in [0.4, 0.5) is 0 Å². The zero-order valence-corrected chi connectivity index (χ0v) is 26.6. The monoisotopic (exact) mass is 645 g/mol. The molecule has 2 aliphatic rings. The van der Waals surface area contributed by atoms with Crippen LogP contribution >= 0.6 is 0 Å². The van der Waals surface area contributed by atoms with Crippen LogP contribution in [0.2, 0.25) is 0 Å². The first-order valence-corrected chi connectivity index (χ1v) is 15.7. The minimum Gasteiger partial charge on any atom is -0.384 e. The Labute approximate surface area is 271 Å². The van der Waals surface area contributed by atoms with Crippen molar-refractivity contribution in [2.45, 2.75) is 89.4 Å². The maximum absolute atomic E-state index is 14.4. The van der Waals surface area contributed by atoms with Gasteiger partial charge in [0.25, 0.3) is 17.7 Å². The third kappa shape index (κ3) is 7.56. The number of carbonyl (C=O) groups excluding carboxylic acids is 5. The zero-order valence-electron chi connectivity index (χ0n) is 26.6. The average Bonchev–Trinajstić information content (AvgIpc) is 3.72. The number of aliphatic imine (C=N–C) groups is 1. The van der Waals surface area contributed by atoms with Crippen LogP contribution in [0.15, 0.2) is 41.8 Å². The van der Waals surface area contributed by atoms with Gasteiger partial charge < -0.3 is 21.1 Å². The number of nitrogens with one attached hydrogen (secondary N) is 1. The molecule has 4 heterocycles. The first-order chi connectivity index (χ1) is 22.3. The van der Waals surface area contributed by atoms with Crippen LogP contribution in [0.3, 0.4) is 0 Å². The van der Waals surface area contributed by atoms with Gasteiger partial charge in [0.1, 0.15) is 23.0 Å². The van der Waals surface area contributed by atoms with Crippen molar-refractivity contribution in [1.29, 1.82) is 0 Å². The third-order valence-electron chi connectivity index (χ3n) is 8.78. The summed E-state index contributed by atoms with van der Waals surface area (Å²) in [5, 5.41) is 22.1. The van der Waals surface area contributed by atoms with E-state index in [1.54, 1.807) is 38.4 Å². The number of fused-ring (bicyclic) bond motifs is 1. The second-order valence-electron chi connectivity index (χ2n) is 12.8. The molecule has 0 bridgehead atoms. The van der Waals surface area contributed by atoms with E-state index in [-0.39, 0.29) is 36.7 Å². The SMILES string of the molecule is CC(NC(=O)[C@@H]1C[C@H](n2nncc2C(C)(C)O)CN1C(=O)C(CC1CCCCC1)=NC(=O)c1ccc2cnccc2n1)C(=O)C(N)=O. The highest BCUT2D eigenvalue weighted by atomic mass is 16.3. The molecular weight excluding hydrogens is 606 g/mol. The van der Waals surface area contributed by atoms with Crippen LogP contribution in [0.1, 0.15) is 87.9 Å². The molecule has 3 aromatic rings. The summed E-state index contributed by atoms with van der Waals surface area (Å²) in [6.45, 7) is 4.44. The molecule has 47 heavy (non-hydrogen) atoms. The van der Waals surface area contributed by atoms with Gasteiger partial charge in [0.05, 0.1) is 29.5 Å². The Morgan fingerprint density at radius 2 is 1.85 bits per heavy atom. The fourth-order valence-corrected chi connectivity index (χ4v) is 6.28. The largest absolute Gasteiger partial charge is 0.384 e. The van der Waals surface area contributed by atoms with E-state index < -0.39 is 53.1 Å². The lowest BCUT2D eigenvalue weighted by Gasteiger charge is -2.27. The number of hydrogen-bond donors (Lipinski definition) is 3. The minimum atomic E-state index is -1.33. The van der Waals surface area contributed by atoms with Gasteiger partial charge in [-0.15, -0.1) is 5.10 Å². The summed E-state index contributed by atoms with van der Waals surface area (Å²) in [5.74, 6) is -4.08. The highest BCUT2D eigenvalue weighted by molar-refractivity contribution is 6.41. The molecule has 2 fully saturated rings. The number of hydrogen-bond acceptors (Lipinski definition) is 10. The smallest absolute Gasteiger partial charge is 0.296 e. The van der Waals surface area contributed by atoms with E-state index in [0.29, 0.717) is 11.2 Å². The number of Topliss-reactive ketones (excluding diaryl/α,β-unsaturated/α-hetero) is 1. The van der Waals surface area contributed by atoms with Crippen LogP contribution in [-0.2, 0) is 24.8 Å². The molecule has 15 heteroatoms. The summed E-state index contributed by atoms with van der Waals surface area (Å²) in [4.78, 5) is 79.4. The number of aliphatic hydroxyl groups is 1. The summed E-state index contributed by atoms with van der Waals surface area (Å²) < 4.78 is 1.47. The van der Waals surface area contributed by atoms with E-state index in [9.17, 15) is 29.1 Å². The standard InChI is InChI=1S/C32H39N9O6/c1-18(27(42)28(33)43)36-30(45)25-14-21(41-26(16-35-39-41)32(2,3)47)17-40(25)31(46)24(13-19-7-5-4-6-8-19)38-29(44)23-10-9-20-15-34-12-11-22(20)37-23/h9-12,15-16,18-19,21,25,47H,4-8,13-14,17H2,1-3H3,(H2,33,43)(H,36,45)/t18?,21-,25-/m0/s1. The van der Waals surface area contributed by atoms with Crippen molar-refractivity contribution >= 4 is 46.0 Å². The number of pyridine rings is 2. The molecule has 248 valence electrons. The average molecular weight is 646 g/mol. The molecule has 1 saturated carbocycles. The van der Waals surface area contributed by atoms with Crippen molar-refractivity contribution in [2.75, 3.05) is 6.54 Å². The highest BCUT2D eigenvalue weighted by Crippen LogP contribution is 2.33. The van der Waals surface area contributed by atoms with E-state index in [4.69, 9.17) is 5.73 Å². The summed E-state index contributed by atoms with van der Waals surface area (Å²) in [7, 11) is 0. The van der Waals surface area contributed by atoms with E-state index >= 15 is 0 Å². The van der Waals surface area contributed by atoms with Crippen LogP contribution in [-0.4, -0.2) is 88.7 Å². The van der Waals surface area contributed by atoms with Crippen LogP contribution < -0.4 is 11.1 Å². The number of primary amides is 1. The predicted molar refractivity (Wildman–Crippen MR) is 169 cm³/mol. The summed E-state index contributed by atoms with van der Waals surface area (Å²) >= 11 is 0. The number of carbonyl (C=O) groups is 5. The van der Waals surface area contributed by atoms with E-state index in [1.165, 1.54) is 28.8 Å². The predicted octanol–water partition coefficient (Wildman–Crippen LogP) is 1.40. The number of nitrogens with two attached hydrogens (primary N) is 1. The Hall–Kier alpha value is -4.92. The van der Waals surface area contributed by atoms with Gasteiger partial charge in [-0.2, -0.15) is 0 Å². The molecule has 15 nitrogen and oxygen atoms in total. The Bertz CT molecular complexity index is 1720. The molecule has 1 aliphatic carbocycles. The van der Waals surface area contributed by atoms with Crippen molar-refractivity contribution in [2.24, 2.45) is 16.6 Å². The molecular formula is C32H39N9O6. The number of nitrogens with zero attached hydrogens (tertiary/aromatic N) is 7. The molecule has 0 radical (unpaired) electrons. The van der Waals surface area contributed by atoms with Gasteiger partial charge in [-0.1, -0.05) is 37.3 Å². The summed E-state index contributed by atoms with van der Waals surface area (Å²) in [5.41, 5.74) is 4.79. The second-order valence-corrected chi connectivity index (χ2v) is 12.8. The zero-order chi connectivity index (χ0) is 33.9. The minimum absolute atomic E-state index is 0.000428. The van der Waals surface area contributed by atoms with Gasteiger partial charge in [0.15, 0.2) is 0 Å². The highest BCUT2D eigenvalue weighted by Gasteiger charge is 2.44. The number of aromatic nitrogens is 5. The summed E-state index contributed by atoms with van der Waals surface area (Å²) in [6, 6.07) is 1.95. The maximum atomic E-state index is 14.4. The molecule has 5 rings (SSSR count). The normalized spacial score (nSPS) is 19.8. The lowest BCUT2D eigenvalue weighted by Crippen LogP contribution is -2.52. The molecule has 0 aromatic carbocycles. The van der Waals surface area contributed by atoms with Gasteiger partial charge in [-0.3, -0.25) is 29.0 Å². The molecule has 4 amide bonds. The van der Waals surface area contributed by atoms with Crippen molar-refractivity contribution in [1.82, 2.24) is 35.2 Å². The number of ketones is 1. The van der Waals surface area contributed by atoms with Gasteiger partial charge in [0.2, 0.25) is 11.7 Å². The molecule has 1 aliphatic heterocycles. The fourth-order valence-electron chi connectivity index (χ4n) is 6.28. The Morgan fingerprint density at radius 1 is 1.11 bits per heavy atom. The van der Waals surface area contributed by atoms with Gasteiger partial charge in [-0.25, -0.2) is 14.7 Å². The molecule has 4 N–H and O–H groups in total. The Kier molecular flexibility index (Phi) is 9.84. The molecule has 3 aromatic heterocycles. The van der Waals surface area contributed by atoms with Crippen molar-refractivity contribution in [3.63, 3.8) is 0 Å². The second kappa shape index (κ2) is 13.8. The molecule has 3 atom stereocenters. The van der Waals surface area contributed by atoms with Gasteiger partial charge >= 0.3 is 0 Å². The maximum Gasteiger partial charge on any atom is 0.296 e. The van der Waals surface area contributed by atoms with E-state index in [1.807, 2.05) is 0 Å². The molecule has 1 unspecified atom stereocenters. The van der Waals surface area contributed by atoms with Crippen molar-refractivity contribution in [3.8, 4) is 0 Å². The first-order valence-electron chi connectivity index (χ1n) is 15.7. The van der Waals surface area contributed by atoms with E-state index in [0.717, 1.165) is 37.5 Å². The van der Waals surface area contributed by atoms with Crippen molar-refractivity contribution in [3.05, 3.63) is 48.2 Å². The first kappa shape index (κ1) is 33.4. The Morgan fingerprint density at radius 3 is 2.55 bits per heavy atom. The topological polar surface area (TPSA) is 216 Å². The third-order valence-corrected chi connectivity index (χ3v) is 8.78. The van der Waals surface area contributed by atoms with Crippen molar-refractivity contribution < 1.29 is 29.1 Å². The van der Waals surface area contributed by atoms with Crippen LogP contribution in [0.5, 0.6) is 0 Å². The van der Waals surface area contributed by atoms with Gasteiger partial charge in [0, 0.05) is 30.7 Å². The number of rotatable bonds is 10. The quantitative estimate of drug-likeness (QED) is 0.213. The lowest BCUT2D eigenvalue weighted by molar-refractivity contribution is -0.139. The number of amides is 4. The molecule has 1 saturated heterocycles. The van der Waals surface area contributed by atoms with Crippen LogP contribution in [0, 0.1) is 5.92 Å². The Balaban J connectivity index is 1.50. The number of likely N-dealkylation sites (tertiary alicyclic amines) is 1. The van der Waals surface area contributed by atoms with E-state index in [2.05, 4.69) is 30.6 Å².